The molecule has 1 amide bonds. The Kier molecular flexibility index (Phi) is 5.32. The number of carbonyl (C=O) groups is 1. The lowest BCUT2D eigenvalue weighted by Crippen LogP contribution is -2.25. The molecule has 0 spiro atoms. The summed E-state index contributed by atoms with van der Waals surface area (Å²) in [5.74, 6) is -0.396. The smallest absolute Gasteiger partial charge is 0.258 e. The number of nitrogen functional groups attached to an aromatic ring is 1. The minimum absolute atomic E-state index is 0.0104. The monoisotopic (exact) mass is 420 g/mol. The van der Waals surface area contributed by atoms with Crippen molar-refractivity contribution in [3.63, 3.8) is 0 Å². The summed E-state index contributed by atoms with van der Waals surface area (Å²) in [6.45, 7) is 0.289. The second-order valence-electron chi connectivity index (χ2n) is 6.41. The lowest BCUT2D eigenvalue weighted by Gasteiger charge is -2.09. The molecule has 2 heterocycles. The number of halogens is 1. The van der Waals surface area contributed by atoms with Crippen molar-refractivity contribution >= 4 is 39.9 Å². The Bertz CT molecular complexity index is 1240. The third-order valence-electron chi connectivity index (χ3n) is 4.44. The first-order chi connectivity index (χ1) is 14.6. The predicted octanol–water partition coefficient (Wildman–Crippen LogP) is 3.27. The number of nitrogens with one attached hydrogen (secondary N) is 1. The van der Waals surface area contributed by atoms with E-state index in [0.717, 1.165) is 5.56 Å². The van der Waals surface area contributed by atoms with Crippen LogP contribution in [-0.4, -0.2) is 30.8 Å². The van der Waals surface area contributed by atoms with Crippen LogP contribution in [0.2, 0.25) is 5.02 Å². The Labute approximate surface area is 176 Å². The fourth-order valence-corrected chi connectivity index (χ4v) is 3.04. The van der Waals surface area contributed by atoms with Crippen LogP contribution in [0.25, 0.3) is 22.3 Å². The number of amides is 1. The number of aromatic nitrogens is 4. The minimum atomic E-state index is -0.530. The molecule has 0 aliphatic heterocycles. The second kappa shape index (κ2) is 8.22. The number of carbonyl (C=O) groups excluding carboxylic acids is 1. The molecule has 2 aromatic heterocycles. The number of benzene rings is 2. The molecule has 0 aliphatic rings. The highest BCUT2D eigenvalue weighted by Crippen LogP contribution is 2.24. The highest BCUT2D eigenvalue weighted by Gasteiger charge is 2.19. The highest BCUT2D eigenvalue weighted by molar-refractivity contribution is 6.30. The summed E-state index contributed by atoms with van der Waals surface area (Å²) < 4.78 is 1.56. The highest BCUT2D eigenvalue weighted by atomic mass is 35.5. The summed E-state index contributed by atoms with van der Waals surface area (Å²) in [4.78, 5) is 21.2. The van der Waals surface area contributed by atoms with Gasteiger partial charge in [-0.3, -0.25) is 4.79 Å². The van der Waals surface area contributed by atoms with Crippen molar-refractivity contribution in [2.45, 2.75) is 6.54 Å². The molecule has 4 aromatic rings. The van der Waals surface area contributed by atoms with E-state index in [0.29, 0.717) is 28.0 Å². The molecular weight excluding hydrogens is 404 g/mol. The van der Waals surface area contributed by atoms with Gasteiger partial charge in [0.25, 0.3) is 5.91 Å². The number of rotatable bonds is 5. The number of aliphatic hydroxyl groups excluding tert-OH is 1. The quantitative estimate of drug-likeness (QED) is 0.337. The average molecular weight is 421 g/mol. The number of hydrogen-bond donors (Lipinski definition) is 3. The Morgan fingerprint density at radius 2 is 1.87 bits per heavy atom. The number of hydrogen-bond acceptors (Lipinski definition) is 6. The number of nitrogens with zero attached hydrogens (tertiary/aromatic N) is 4. The molecule has 2 aromatic carbocycles. The zero-order valence-electron chi connectivity index (χ0n) is 15.7. The maximum Gasteiger partial charge on any atom is 0.258 e. The standard InChI is InChI=1S/C21H17ClN6O2/c22-14-6-8-15(9-7-14)28-20-16(11-25-28)18(23)26-19(27-20)17(12-29)21(30)24-10-13-4-2-1-3-5-13/h1-9,11-12,29H,10H2,(H,24,30)(H2,23,26,27)/b17-12-. The Balaban J connectivity index is 1.67. The maximum absolute atomic E-state index is 12.6. The van der Waals surface area contributed by atoms with Gasteiger partial charge in [-0.15, -0.1) is 0 Å². The molecule has 0 atom stereocenters. The van der Waals surface area contributed by atoms with Gasteiger partial charge in [-0.1, -0.05) is 41.9 Å². The maximum atomic E-state index is 12.6. The van der Waals surface area contributed by atoms with Gasteiger partial charge < -0.3 is 16.2 Å². The number of fused-ring (bicyclic) bond motifs is 1. The van der Waals surface area contributed by atoms with E-state index in [-0.39, 0.29) is 23.8 Å². The molecule has 150 valence electrons. The minimum Gasteiger partial charge on any atom is -0.515 e. The predicted molar refractivity (Wildman–Crippen MR) is 115 cm³/mol. The number of nitrogens with two attached hydrogens (primary N) is 1. The summed E-state index contributed by atoms with van der Waals surface area (Å²) in [6.07, 6.45) is 2.21. The van der Waals surface area contributed by atoms with Gasteiger partial charge in [-0.2, -0.15) is 5.10 Å². The molecule has 0 radical (unpaired) electrons. The van der Waals surface area contributed by atoms with E-state index in [1.165, 1.54) is 0 Å². The largest absolute Gasteiger partial charge is 0.515 e. The zero-order chi connectivity index (χ0) is 21.1. The molecule has 9 heteroatoms. The zero-order valence-corrected chi connectivity index (χ0v) is 16.4. The molecule has 0 fully saturated rings. The normalized spacial score (nSPS) is 11.6. The van der Waals surface area contributed by atoms with Gasteiger partial charge in [0, 0.05) is 11.6 Å². The Morgan fingerprint density at radius 1 is 1.13 bits per heavy atom. The molecule has 0 aliphatic carbocycles. The first-order valence-corrected chi connectivity index (χ1v) is 9.38. The first-order valence-electron chi connectivity index (χ1n) is 9.01. The van der Waals surface area contributed by atoms with E-state index in [9.17, 15) is 9.90 Å². The number of anilines is 1. The summed E-state index contributed by atoms with van der Waals surface area (Å²) in [7, 11) is 0. The van der Waals surface area contributed by atoms with Crippen molar-refractivity contribution in [1.82, 2.24) is 25.1 Å². The van der Waals surface area contributed by atoms with Crippen LogP contribution in [0.4, 0.5) is 5.82 Å². The van der Waals surface area contributed by atoms with E-state index in [1.54, 1.807) is 35.1 Å². The van der Waals surface area contributed by atoms with Gasteiger partial charge in [-0.25, -0.2) is 14.6 Å². The molecule has 0 saturated heterocycles. The second-order valence-corrected chi connectivity index (χ2v) is 6.85. The number of aliphatic hydroxyl groups is 1. The van der Waals surface area contributed by atoms with Gasteiger partial charge in [0.2, 0.25) is 0 Å². The van der Waals surface area contributed by atoms with Crippen LogP contribution >= 0.6 is 11.6 Å². The van der Waals surface area contributed by atoms with Crippen LogP contribution in [0.3, 0.4) is 0 Å². The van der Waals surface area contributed by atoms with E-state index >= 15 is 0 Å². The van der Waals surface area contributed by atoms with Gasteiger partial charge in [0.05, 0.1) is 23.5 Å². The fourth-order valence-electron chi connectivity index (χ4n) is 2.91. The molecular formula is C21H17ClN6O2. The molecule has 0 bridgehead atoms. The van der Waals surface area contributed by atoms with Gasteiger partial charge >= 0.3 is 0 Å². The van der Waals surface area contributed by atoms with Crippen LogP contribution in [0.15, 0.2) is 67.1 Å². The van der Waals surface area contributed by atoms with Gasteiger partial charge in [0.1, 0.15) is 11.4 Å². The van der Waals surface area contributed by atoms with Crippen LogP contribution < -0.4 is 11.1 Å². The van der Waals surface area contributed by atoms with Crippen LogP contribution in [0.5, 0.6) is 0 Å². The lowest BCUT2D eigenvalue weighted by molar-refractivity contribution is -0.115. The SMILES string of the molecule is Nc1nc(/C(=C/O)C(=O)NCc2ccccc2)nc2c1cnn2-c1ccc(Cl)cc1. The van der Waals surface area contributed by atoms with Crippen molar-refractivity contribution < 1.29 is 9.90 Å². The molecule has 4 rings (SSSR count). The first kappa shape index (κ1) is 19.4. The molecule has 0 unspecified atom stereocenters. The van der Waals surface area contributed by atoms with E-state index in [4.69, 9.17) is 17.3 Å². The van der Waals surface area contributed by atoms with Crippen molar-refractivity contribution in [3.05, 3.63) is 83.5 Å². The van der Waals surface area contributed by atoms with Gasteiger partial charge in [-0.05, 0) is 29.8 Å². The van der Waals surface area contributed by atoms with Crippen LogP contribution in [-0.2, 0) is 11.3 Å². The molecule has 0 saturated carbocycles. The van der Waals surface area contributed by atoms with Crippen molar-refractivity contribution in [2.75, 3.05) is 5.73 Å². The van der Waals surface area contributed by atoms with Gasteiger partial charge in [0.15, 0.2) is 11.5 Å². The van der Waals surface area contributed by atoms with Crippen molar-refractivity contribution in [3.8, 4) is 5.69 Å². The summed E-state index contributed by atoms with van der Waals surface area (Å²) in [6, 6.07) is 16.4. The fraction of sp³-hybridized carbons (Fsp3) is 0.0476. The topological polar surface area (TPSA) is 119 Å². The van der Waals surface area contributed by atoms with Crippen LogP contribution in [0, 0.1) is 0 Å². The summed E-state index contributed by atoms with van der Waals surface area (Å²) in [5, 5.41) is 17.9. The average Bonchev–Trinajstić information content (AvgIpc) is 3.19. The van der Waals surface area contributed by atoms with E-state index in [2.05, 4.69) is 20.4 Å². The van der Waals surface area contributed by atoms with Crippen molar-refractivity contribution in [2.24, 2.45) is 0 Å². The van der Waals surface area contributed by atoms with Crippen LogP contribution in [0.1, 0.15) is 11.4 Å². The molecule has 8 nitrogen and oxygen atoms in total. The van der Waals surface area contributed by atoms with E-state index < -0.39 is 5.91 Å². The van der Waals surface area contributed by atoms with Crippen molar-refractivity contribution in [1.29, 1.82) is 0 Å². The van der Waals surface area contributed by atoms with E-state index in [1.807, 2.05) is 30.3 Å². The molecule has 30 heavy (non-hydrogen) atoms. The Morgan fingerprint density at radius 3 is 2.57 bits per heavy atom. The lowest BCUT2D eigenvalue weighted by atomic mass is 10.2. The third-order valence-corrected chi connectivity index (χ3v) is 4.69. The summed E-state index contributed by atoms with van der Waals surface area (Å²) >= 11 is 5.96. The third kappa shape index (κ3) is 3.81. The molecule has 4 N–H and O–H groups in total. The Hall–Kier alpha value is -3.91. The summed E-state index contributed by atoms with van der Waals surface area (Å²) in [5.41, 5.74) is 7.98.